The van der Waals surface area contributed by atoms with E-state index in [2.05, 4.69) is 9.88 Å². The third kappa shape index (κ3) is 4.01. The quantitative estimate of drug-likeness (QED) is 0.319. The molecule has 1 aromatic carbocycles. The fourth-order valence-electron chi connectivity index (χ4n) is 2.29. The minimum absolute atomic E-state index is 0.0940. The van der Waals surface area contributed by atoms with Crippen molar-refractivity contribution in [3.63, 3.8) is 0 Å². The van der Waals surface area contributed by atoms with Gasteiger partial charge in [-0.25, -0.2) is 8.42 Å². The molecule has 0 atom stereocenters. The van der Waals surface area contributed by atoms with E-state index in [1.165, 1.54) is 0 Å². The Hall–Kier alpha value is -1.96. The van der Waals surface area contributed by atoms with Crippen LogP contribution in [0.15, 0.2) is 29.4 Å². The smallest absolute Gasteiger partial charge is 0.235 e. The van der Waals surface area contributed by atoms with Crippen LogP contribution in [-0.4, -0.2) is 31.3 Å². The zero-order valence-corrected chi connectivity index (χ0v) is 12.3. The Bertz CT molecular complexity index is 610. The first-order valence-electron chi connectivity index (χ1n) is 6.73. The summed E-state index contributed by atoms with van der Waals surface area (Å²) in [7, 11) is -3.42. The van der Waals surface area contributed by atoms with E-state index in [9.17, 15) is 8.42 Å². The minimum Gasteiger partial charge on any atom is -0.483 e. The van der Waals surface area contributed by atoms with Gasteiger partial charge in [-0.05, 0) is 25.0 Å². The van der Waals surface area contributed by atoms with Gasteiger partial charge in [-0.3, -0.25) is 4.72 Å². The minimum atomic E-state index is -3.42. The Labute approximate surface area is 123 Å². The monoisotopic (exact) mass is 313 g/mol. The second-order valence-corrected chi connectivity index (χ2v) is 6.89. The van der Waals surface area contributed by atoms with Gasteiger partial charge in [0.15, 0.2) is 5.84 Å². The normalized spacial score (nSPS) is 16.9. The van der Waals surface area contributed by atoms with Crippen LogP contribution < -0.4 is 15.2 Å². The van der Waals surface area contributed by atoms with Crippen molar-refractivity contribution in [2.24, 2.45) is 10.9 Å². The first kappa shape index (κ1) is 15.4. The van der Waals surface area contributed by atoms with Gasteiger partial charge in [0.25, 0.3) is 0 Å². The van der Waals surface area contributed by atoms with Gasteiger partial charge >= 0.3 is 0 Å². The summed E-state index contributed by atoms with van der Waals surface area (Å²) in [5, 5.41) is 10.9. The van der Waals surface area contributed by atoms with Gasteiger partial charge in [0.1, 0.15) is 12.4 Å². The third-order valence-electron chi connectivity index (χ3n) is 3.38. The topological polar surface area (TPSA) is 114 Å². The summed E-state index contributed by atoms with van der Waals surface area (Å²) in [4.78, 5) is 0. The number of hydrogen-bond acceptors (Lipinski definition) is 5. The number of para-hydroxylation sites is 2. The van der Waals surface area contributed by atoms with Crippen LogP contribution in [0, 0.1) is 0 Å². The van der Waals surface area contributed by atoms with E-state index >= 15 is 0 Å². The lowest BCUT2D eigenvalue weighted by Crippen LogP contribution is -2.26. The molecule has 4 N–H and O–H groups in total. The fourth-order valence-corrected chi connectivity index (χ4v) is 3.89. The summed E-state index contributed by atoms with van der Waals surface area (Å²) >= 11 is 0. The molecular weight excluding hydrogens is 294 g/mol. The first-order chi connectivity index (χ1) is 10.0. The average molecular weight is 313 g/mol. The van der Waals surface area contributed by atoms with E-state index in [0.717, 1.165) is 12.8 Å². The molecule has 7 nitrogen and oxygen atoms in total. The van der Waals surface area contributed by atoms with Crippen LogP contribution in [0.25, 0.3) is 0 Å². The molecule has 0 unspecified atom stereocenters. The predicted octanol–water partition coefficient (Wildman–Crippen LogP) is 1.50. The van der Waals surface area contributed by atoms with Crippen LogP contribution in [0.1, 0.15) is 25.7 Å². The highest BCUT2D eigenvalue weighted by Crippen LogP contribution is 2.30. The number of sulfonamides is 1. The first-order valence-corrected chi connectivity index (χ1v) is 8.27. The molecule has 1 aromatic rings. The van der Waals surface area contributed by atoms with Crippen LogP contribution in [-0.2, 0) is 10.0 Å². The summed E-state index contributed by atoms with van der Waals surface area (Å²) in [6, 6.07) is 6.67. The summed E-state index contributed by atoms with van der Waals surface area (Å²) in [6.45, 7) is -0.126. The molecule has 0 spiro atoms. The molecule has 1 fully saturated rings. The van der Waals surface area contributed by atoms with Crippen LogP contribution >= 0.6 is 0 Å². The number of rotatable bonds is 6. The average Bonchev–Trinajstić information content (AvgIpc) is 3.00. The van der Waals surface area contributed by atoms with Crippen LogP contribution in [0.2, 0.25) is 0 Å². The van der Waals surface area contributed by atoms with Crippen molar-refractivity contribution in [1.82, 2.24) is 0 Å². The summed E-state index contributed by atoms with van der Waals surface area (Å²) in [5.41, 5.74) is 5.69. The molecule has 1 saturated carbocycles. The number of nitrogens with one attached hydrogen (secondary N) is 1. The highest BCUT2D eigenvalue weighted by Gasteiger charge is 2.29. The van der Waals surface area contributed by atoms with Gasteiger partial charge in [0.05, 0.1) is 10.9 Å². The van der Waals surface area contributed by atoms with E-state index in [4.69, 9.17) is 15.7 Å². The molecule has 0 aromatic heterocycles. The molecule has 0 aliphatic heterocycles. The standard InChI is InChI=1S/C13H19N3O4S/c14-13(15-17)9-20-12-8-4-3-7-11(12)16-21(18,19)10-5-1-2-6-10/h3-4,7-8,10,16-17H,1-2,5-6,9H2,(H2,14,15). The summed E-state index contributed by atoms with van der Waals surface area (Å²) < 4.78 is 32.5. The van der Waals surface area contributed by atoms with Crippen molar-refractivity contribution in [2.75, 3.05) is 11.3 Å². The molecule has 0 amide bonds. The van der Waals surface area contributed by atoms with E-state index in [0.29, 0.717) is 24.3 Å². The van der Waals surface area contributed by atoms with Gasteiger partial charge in [0.2, 0.25) is 10.0 Å². The zero-order chi connectivity index (χ0) is 15.3. The second-order valence-electron chi connectivity index (χ2n) is 4.93. The van der Waals surface area contributed by atoms with Crippen molar-refractivity contribution in [2.45, 2.75) is 30.9 Å². The van der Waals surface area contributed by atoms with Gasteiger partial charge in [-0.1, -0.05) is 30.1 Å². The maximum Gasteiger partial charge on any atom is 0.235 e. The number of anilines is 1. The van der Waals surface area contributed by atoms with Crippen molar-refractivity contribution < 1.29 is 18.4 Å². The number of benzene rings is 1. The SMILES string of the molecule is N/C(COc1ccccc1NS(=O)(=O)C1CCCC1)=N/O. The molecule has 116 valence electrons. The lowest BCUT2D eigenvalue weighted by molar-refractivity contribution is 0.306. The van der Waals surface area contributed by atoms with Crippen LogP contribution in [0.5, 0.6) is 5.75 Å². The summed E-state index contributed by atoms with van der Waals surface area (Å²) in [5.74, 6) is 0.245. The van der Waals surface area contributed by atoms with Crippen LogP contribution in [0.3, 0.4) is 0 Å². The largest absolute Gasteiger partial charge is 0.483 e. The number of nitrogens with zero attached hydrogens (tertiary/aromatic N) is 1. The molecule has 8 heteroatoms. The fraction of sp³-hybridized carbons (Fsp3) is 0.462. The molecule has 1 aliphatic rings. The zero-order valence-electron chi connectivity index (χ0n) is 11.5. The molecular formula is C13H19N3O4S. The van der Waals surface area contributed by atoms with Crippen molar-refractivity contribution in [3.05, 3.63) is 24.3 Å². The third-order valence-corrected chi connectivity index (χ3v) is 5.24. The molecule has 0 heterocycles. The van der Waals surface area contributed by atoms with Crippen LogP contribution in [0.4, 0.5) is 5.69 Å². The van der Waals surface area contributed by atoms with Crippen molar-refractivity contribution in [3.8, 4) is 5.75 Å². The Balaban J connectivity index is 2.12. The van der Waals surface area contributed by atoms with Crippen molar-refractivity contribution >= 4 is 21.5 Å². The number of nitrogens with two attached hydrogens (primary N) is 1. The Kier molecular flexibility index (Phi) is 4.89. The molecule has 21 heavy (non-hydrogen) atoms. The Morgan fingerprint density at radius 2 is 2.05 bits per heavy atom. The lowest BCUT2D eigenvalue weighted by Gasteiger charge is -2.16. The number of oxime groups is 1. The van der Waals surface area contributed by atoms with Gasteiger partial charge in [-0.2, -0.15) is 0 Å². The Morgan fingerprint density at radius 1 is 1.38 bits per heavy atom. The Morgan fingerprint density at radius 3 is 2.71 bits per heavy atom. The molecule has 0 saturated heterocycles. The van der Waals surface area contributed by atoms with E-state index in [1.54, 1.807) is 24.3 Å². The number of ether oxygens (including phenoxy) is 1. The maximum atomic E-state index is 12.3. The molecule has 0 radical (unpaired) electrons. The van der Waals surface area contributed by atoms with E-state index < -0.39 is 10.0 Å². The predicted molar refractivity (Wildman–Crippen MR) is 80.1 cm³/mol. The maximum absolute atomic E-state index is 12.3. The molecule has 1 aliphatic carbocycles. The molecule has 2 rings (SSSR count). The number of hydrogen-bond donors (Lipinski definition) is 3. The van der Waals surface area contributed by atoms with Gasteiger partial charge in [-0.15, -0.1) is 0 Å². The van der Waals surface area contributed by atoms with Gasteiger partial charge < -0.3 is 15.7 Å². The highest BCUT2D eigenvalue weighted by atomic mass is 32.2. The molecule has 0 bridgehead atoms. The number of amidine groups is 1. The summed E-state index contributed by atoms with van der Waals surface area (Å²) in [6.07, 6.45) is 3.24. The van der Waals surface area contributed by atoms with E-state index in [1.807, 2.05) is 0 Å². The lowest BCUT2D eigenvalue weighted by atomic mass is 10.3. The highest BCUT2D eigenvalue weighted by molar-refractivity contribution is 7.93. The second kappa shape index (κ2) is 6.66. The van der Waals surface area contributed by atoms with Crippen molar-refractivity contribution in [1.29, 1.82) is 0 Å². The van der Waals surface area contributed by atoms with E-state index in [-0.39, 0.29) is 17.7 Å². The van der Waals surface area contributed by atoms with Gasteiger partial charge in [0, 0.05) is 0 Å².